The fourth-order valence-corrected chi connectivity index (χ4v) is 2.73. The van der Waals surface area contributed by atoms with Gasteiger partial charge in [0.1, 0.15) is 0 Å². The fraction of sp³-hybridized carbons (Fsp3) is 0.500. The minimum Gasteiger partial charge on any atom is -0.310 e. The maximum Gasteiger partial charge on any atom is 0.0331 e. The van der Waals surface area contributed by atoms with Crippen LogP contribution in [0, 0.1) is 0 Å². The van der Waals surface area contributed by atoms with Crippen molar-refractivity contribution in [2.75, 3.05) is 12.8 Å². The SMILES string of the molecule is CSc1ccccc1[C@@H]1CCCCN1. The van der Waals surface area contributed by atoms with Gasteiger partial charge in [-0.15, -0.1) is 11.8 Å². The Morgan fingerprint density at radius 1 is 1.29 bits per heavy atom. The molecule has 1 fully saturated rings. The van der Waals surface area contributed by atoms with Gasteiger partial charge in [0.05, 0.1) is 0 Å². The van der Waals surface area contributed by atoms with Crippen molar-refractivity contribution in [3.8, 4) is 0 Å². The molecule has 1 saturated heterocycles. The summed E-state index contributed by atoms with van der Waals surface area (Å²) in [5, 5.41) is 3.60. The van der Waals surface area contributed by atoms with Gasteiger partial charge in [0, 0.05) is 10.9 Å². The third-order valence-corrected chi connectivity index (χ3v) is 3.64. The van der Waals surface area contributed by atoms with Gasteiger partial charge in [0.2, 0.25) is 0 Å². The molecule has 0 aromatic heterocycles. The van der Waals surface area contributed by atoms with Gasteiger partial charge < -0.3 is 5.32 Å². The van der Waals surface area contributed by atoms with Crippen molar-refractivity contribution in [2.45, 2.75) is 30.2 Å². The van der Waals surface area contributed by atoms with Crippen molar-refractivity contribution in [1.29, 1.82) is 0 Å². The lowest BCUT2D eigenvalue weighted by Gasteiger charge is -2.25. The standard InChI is InChI=1S/C12H17NS/c1-14-12-8-3-2-6-10(12)11-7-4-5-9-13-11/h2-3,6,8,11,13H,4-5,7,9H2,1H3/t11-/m0/s1. The Morgan fingerprint density at radius 3 is 2.86 bits per heavy atom. The first-order valence-corrected chi connectivity index (χ1v) is 6.50. The average molecular weight is 207 g/mol. The highest BCUT2D eigenvalue weighted by molar-refractivity contribution is 7.98. The van der Waals surface area contributed by atoms with Gasteiger partial charge in [-0.2, -0.15) is 0 Å². The van der Waals surface area contributed by atoms with Gasteiger partial charge in [-0.3, -0.25) is 0 Å². The molecule has 1 aromatic carbocycles. The van der Waals surface area contributed by atoms with E-state index in [-0.39, 0.29) is 0 Å². The van der Waals surface area contributed by atoms with Crippen LogP contribution in [0.3, 0.4) is 0 Å². The molecule has 0 unspecified atom stereocenters. The van der Waals surface area contributed by atoms with E-state index in [2.05, 4.69) is 35.8 Å². The second kappa shape index (κ2) is 4.85. The summed E-state index contributed by atoms with van der Waals surface area (Å²) in [4.78, 5) is 1.42. The minimum absolute atomic E-state index is 0.590. The van der Waals surface area contributed by atoms with Crippen molar-refractivity contribution in [1.82, 2.24) is 5.32 Å². The third-order valence-electron chi connectivity index (χ3n) is 2.82. The molecule has 2 rings (SSSR count). The van der Waals surface area contributed by atoms with Crippen molar-refractivity contribution in [3.63, 3.8) is 0 Å². The Balaban J connectivity index is 2.20. The number of nitrogens with one attached hydrogen (secondary N) is 1. The summed E-state index contributed by atoms with van der Waals surface area (Å²) in [6.45, 7) is 1.17. The molecule has 0 bridgehead atoms. The van der Waals surface area contributed by atoms with Crippen molar-refractivity contribution in [2.24, 2.45) is 0 Å². The zero-order chi connectivity index (χ0) is 9.80. The highest BCUT2D eigenvalue weighted by Gasteiger charge is 2.16. The molecule has 1 aromatic rings. The van der Waals surface area contributed by atoms with E-state index in [1.807, 2.05) is 11.8 Å². The molecular weight excluding hydrogens is 190 g/mol. The molecule has 2 heteroatoms. The molecule has 1 aliphatic rings. The maximum atomic E-state index is 3.60. The Hall–Kier alpha value is -0.470. The normalized spacial score (nSPS) is 22.2. The smallest absolute Gasteiger partial charge is 0.0331 e. The number of hydrogen-bond acceptors (Lipinski definition) is 2. The molecule has 0 amide bonds. The fourth-order valence-electron chi connectivity index (χ4n) is 2.07. The highest BCUT2D eigenvalue weighted by Crippen LogP contribution is 2.30. The van der Waals surface area contributed by atoms with E-state index >= 15 is 0 Å². The molecule has 0 radical (unpaired) electrons. The van der Waals surface area contributed by atoms with Crippen LogP contribution in [-0.2, 0) is 0 Å². The number of thioether (sulfide) groups is 1. The van der Waals surface area contributed by atoms with Crippen molar-refractivity contribution >= 4 is 11.8 Å². The molecule has 76 valence electrons. The van der Waals surface area contributed by atoms with Gasteiger partial charge in [-0.05, 0) is 37.3 Å². The molecule has 1 atom stereocenters. The van der Waals surface area contributed by atoms with Gasteiger partial charge in [-0.1, -0.05) is 24.6 Å². The summed E-state index contributed by atoms with van der Waals surface area (Å²) in [5.74, 6) is 0. The Bertz CT molecular complexity index is 292. The molecular formula is C12H17NS. The Labute approximate surface area is 90.3 Å². The molecule has 0 saturated carbocycles. The summed E-state index contributed by atoms with van der Waals surface area (Å²) < 4.78 is 0. The molecule has 0 aliphatic carbocycles. The van der Waals surface area contributed by atoms with Crippen LogP contribution in [0.2, 0.25) is 0 Å². The molecule has 1 nitrogen and oxygen atoms in total. The van der Waals surface area contributed by atoms with Crippen molar-refractivity contribution < 1.29 is 0 Å². The van der Waals surface area contributed by atoms with E-state index in [1.165, 1.54) is 36.3 Å². The number of benzene rings is 1. The first kappa shape index (κ1) is 10.1. The van der Waals surface area contributed by atoms with Crippen LogP contribution >= 0.6 is 11.8 Å². The van der Waals surface area contributed by atoms with Crippen LogP contribution in [0.4, 0.5) is 0 Å². The summed E-state index contributed by atoms with van der Waals surface area (Å²) in [6.07, 6.45) is 6.14. The van der Waals surface area contributed by atoms with Crippen LogP contribution in [0.5, 0.6) is 0 Å². The number of rotatable bonds is 2. The molecule has 0 spiro atoms. The van der Waals surface area contributed by atoms with Crippen molar-refractivity contribution in [3.05, 3.63) is 29.8 Å². The molecule has 1 N–H and O–H groups in total. The summed E-state index contributed by atoms with van der Waals surface area (Å²) in [7, 11) is 0. The Morgan fingerprint density at radius 2 is 2.14 bits per heavy atom. The molecule has 14 heavy (non-hydrogen) atoms. The van der Waals surface area contributed by atoms with Gasteiger partial charge in [-0.25, -0.2) is 0 Å². The zero-order valence-electron chi connectivity index (χ0n) is 8.62. The van der Waals surface area contributed by atoms with Crippen LogP contribution in [-0.4, -0.2) is 12.8 Å². The monoisotopic (exact) mass is 207 g/mol. The van der Waals surface area contributed by atoms with Crippen LogP contribution < -0.4 is 5.32 Å². The summed E-state index contributed by atoms with van der Waals surface area (Å²) in [6, 6.07) is 9.33. The van der Waals surface area contributed by atoms with Crippen LogP contribution in [0.1, 0.15) is 30.9 Å². The maximum absolute atomic E-state index is 3.60. The van der Waals surface area contributed by atoms with Gasteiger partial charge >= 0.3 is 0 Å². The lowest BCUT2D eigenvalue weighted by molar-refractivity contribution is 0.408. The molecule has 1 heterocycles. The second-order valence-electron chi connectivity index (χ2n) is 3.74. The number of piperidine rings is 1. The first-order chi connectivity index (χ1) is 6.92. The first-order valence-electron chi connectivity index (χ1n) is 5.28. The second-order valence-corrected chi connectivity index (χ2v) is 4.59. The largest absolute Gasteiger partial charge is 0.310 e. The molecule has 1 aliphatic heterocycles. The predicted molar refractivity (Wildman–Crippen MR) is 62.8 cm³/mol. The average Bonchev–Trinajstić information content (AvgIpc) is 2.30. The summed E-state index contributed by atoms with van der Waals surface area (Å²) in [5.41, 5.74) is 1.49. The lowest BCUT2D eigenvalue weighted by Crippen LogP contribution is -2.27. The van der Waals surface area contributed by atoms with E-state index in [1.54, 1.807) is 0 Å². The van der Waals surface area contributed by atoms with E-state index < -0.39 is 0 Å². The minimum atomic E-state index is 0.590. The van der Waals surface area contributed by atoms with E-state index in [4.69, 9.17) is 0 Å². The predicted octanol–water partition coefficient (Wildman–Crippen LogP) is 3.22. The third kappa shape index (κ3) is 2.12. The van der Waals surface area contributed by atoms with Gasteiger partial charge in [0.25, 0.3) is 0 Å². The topological polar surface area (TPSA) is 12.0 Å². The van der Waals surface area contributed by atoms with Gasteiger partial charge in [0.15, 0.2) is 0 Å². The van der Waals surface area contributed by atoms with Crippen LogP contribution in [0.15, 0.2) is 29.2 Å². The Kier molecular flexibility index (Phi) is 3.49. The lowest BCUT2D eigenvalue weighted by atomic mass is 9.98. The number of hydrogen-bond donors (Lipinski definition) is 1. The quantitative estimate of drug-likeness (QED) is 0.747. The van der Waals surface area contributed by atoms with E-state index in [0.29, 0.717) is 6.04 Å². The zero-order valence-corrected chi connectivity index (χ0v) is 9.44. The van der Waals surface area contributed by atoms with E-state index in [9.17, 15) is 0 Å². The van der Waals surface area contributed by atoms with Crippen LogP contribution in [0.25, 0.3) is 0 Å². The summed E-state index contributed by atoms with van der Waals surface area (Å²) >= 11 is 1.85. The van der Waals surface area contributed by atoms with E-state index in [0.717, 1.165) is 0 Å². The highest BCUT2D eigenvalue weighted by atomic mass is 32.2.